The van der Waals surface area contributed by atoms with Crippen molar-refractivity contribution in [3.63, 3.8) is 0 Å². The van der Waals surface area contributed by atoms with Crippen LogP contribution in [0.15, 0.2) is 35.3 Å². The van der Waals surface area contributed by atoms with Crippen LogP contribution >= 0.6 is 0 Å². The predicted molar refractivity (Wildman–Crippen MR) is 107 cm³/mol. The van der Waals surface area contributed by atoms with Gasteiger partial charge in [0.15, 0.2) is 8.32 Å². The first-order valence-electron chi connectivity index (χ1n) is 9.43. The standard InChI is InChI=1S/C21H35NOSi/c1-20(2,3)24(4,5)23-18-21(14-10-7-11-15-21)17-22-16-19-12-8-6-9-13-19/h6,8-9,12-13,17H,7,10-11,14-16,18H2,1-5H3. The minimum Gasteiger partial charge on any atom is -0.416 e. The van der Waals surface area contributed by atoms with Crippen LogP contribution in [0.5, 0.6) is 0 Å². The van der Waals surface area contributed by atoms with Crippen molar-refractivity contribution in [1.82, 2.24) is 0 Å². The van der Waals surface area contributed by atoms with Crippen LogP contribution in [0, 0.1) is 5.41 Å². The Bertz CT molecular complexity index is 525. The Hall–Kier alpha value is -0.933. The summed E-state index contributed by atoms with van der Waals surface area (Å²) in [6.45, 7) is 13.3. The maximum Gasteiger partial charge on any atom is 0.192 e. The Balaban J connectivity index is 2.03. The van der Waals surface area contributed by atoms with Crippen molar-refractivity contribution in [2.75, 3.05) is 6.61 Å². The van der Waals surface area contributed by atoms with Gasteiger partial charge in [0.2, 0.25) is 0 Å². The first-order valence-corrected chi connectivity index (χ1v) is 12.3. The first kappa shape index (κ1) is 19.4. The maximum absolute atomic E-state index is 6.59. The monoisotopic (exact) mass is 345 g/mol. The lowest BCUT2D eigenvalue weighted by Crippen LogP contribution is -2.45. The minimum atomic E-state index is -1.70. The number of rotatable bonds is 6. The second-order valence-electron chi connectivity index (χ2n) is 8.93. The van der Waals surface area contributed by atoms with Crippen molar-refractivity contribution in [2.24, 2.45) is 10.4 Å². The minimum absolute atomic E-state index is 0.155. The molecule has 2 rings (SSSR count). The van der Waals surface area contributed by atoms with Crippen LogP contribution in [-0.4, -0.2) is 21.1 Å². The van der Waals surface area contributed by atoms with Gasteiger partial charge in [0, 0.05) is 18.2 Å². The first-order chi connectivity index (χ1) is 11.2. The highest BCUT2D eigenvalue weighted by Crippen LogP contribution is 2.40. The van der Waals surface area contributed by atoms with Crippen LogP contribution < -0.4 is 0 Å². The summed E-state index contributed by atoms with van der Waals surface area (Å²) in [5.74, 6) is 0. The zero-order chi connectivity index (χ0) is 17.7. The van der Waals surface area contributed by atoms with E-state index in [2.05, 4.69) is 70.4 Å². The van der Waals surface area contributed by atoms with Crippen molar-refractivity contribution in [3.8, 4) is 0 Å². The fourth-order valence-corrected chi connectivity index (χ4v) is 4.12. The van der Waals surface area contributed by atoms with Crippen molar-refractivity contribution in [2.45, 2.75) is 77.6 Å². The summed E-state index contributed by atoms with van der Waals surface area (Å²) in [7, 11) is -1.70. The summed E-state index contributed by atoms with van der Waals surface area (Å²) >= 11 is 0. The fraction of sp³-hybridized carbons (Fsp3) is 0.667. The second kappa shape index (κ2) is 7.96. The van der Waals surface area contributed by atoms with Crippen molar-refractivity contribution in [3.05, 3.63) is 35.9 Å². The van der Waals surface area contributed by atoms with E-state index in [-0.39, 0.29) is 10.5 Å². The molecular weight excluding hydrogens is 310 g/mol. The van der Waals surface area contributed by atoms with Gasteiger partial charge >= 0.3 is 0 Å². The van der Waals surface area contributed by atoms with Gasteiger partial charge in [0.05, 0.1) is 6.54 Å². The Morgan fingerprint density at radius 2 is 1.71 bits per heavy atom. The molecule has 0 amide bonds. The van der Waals surface area contributed by atoms with E-state index in [1.165, 1.54) is 37.7 Å². The lowest BCUT2D eigenvalue weighted by molar-refractivity contribution is 0.153. The van der Waals surface area contributed by atoms with E-state index in [1.54, 1.807) is 0 Å². The molecule has 0 aromatic heterocycles. The number of aliphatic imine (C=N–C) groups is 1. The normalized spacial score (nSPS) is 18.9. The average molecular weight is 346 g/mol. The highest BCUT2D eigenvalue weighted by Gasteiger charge is 2.40. The third-order valence-corrected chi connectivity index (χ3v) is 10.3. The van der Waals surface area contributed by atoms with Crippen LogP contribution in [0.1, 0.15) is 58.4 Å². The van der Waals surface area contributed by atoms with Crippen molar-refractivity contribution < 1.29 is 4.43 Å². The SMILES string of the molecule is CC(C)(C)[Si](C)(C)OCC1(C=NCc2ccccc2)CCCCC1. The van der Waals surface area contributed by atoms with E-state index >= 15 is 0 Å². The van der Waals surface area contributed by atoms with Gasteiger partial charge < -0.3 is 4.43 Å². The van der Waals surface area contributed by atoms with Crippen LogP contribution in [0.3, 0.4) is 0 Å². The summed E-state index contributed by atoms with van der Waals surface area (Å²) in [4.78, 5) is 4.81. The van der Waals surface area contributed by atoms with Gasteiger partial charge in [0.1, 0.15) is 0 Å². The summed E-state index contributed by atoms with van der Waals surface area (Å²) in [6.07, 6.45) is 8.65. The summed E-state index contributed by atoms with van der Waals surface area (Å²) in [6, 6.07) is 10.5. The molecule has 0 bridgehead atoms. The molecule has 2 nitrogen and oxygen atoms in total. The van der Waals surface area contributed by atoms with E-state index in [0.29, 0.717) is 0 Å². The van der Waals surface area contributed by atoms with Gasteiger partial charge in [-0.25, -0.2) is 0 Å². The average Bonchev–Trinajstić information content (AvgIpc) is 2.54. The molecular formula is C21H35NOSi. The molecule has 0 heterocycles. The van der Waals surface area contributed by atoms with E-state index in [4.69, 9.17) is 9.42 Å². The molecule has 1 aliphatic rings. The van der Waals surface area contributed by atoms with Gasteiger partial charge in [-0.2, -0.15) is 0 Å². The summed E-state index contributed by atoms with van der Waals surface area (Å²) in [5.41, 5.74) is 1.44. The number of nitrogens with zero attached hydrogens (tertiary/aromatic N) is 1. The zero-order valence-corrected chi connectivity index (χ0v) is 17.3. The Labute approximate surface area is 149 Å². The molecule has 0 aliphatic heterocycles. The van der Waals surface area contributed by atoms with E-state index in [9.17, 15) is 0 Å². The van der Waals surface area contributed by atoms with Gasteiger partial charge in [0.25, 0.3) is 0 Å². The Morgan fingerprint density at radius 1 is 1.08 bits per heavy atom. The smallest absolute Gasteiger partial charge is 0.192 e. The lowest BCUT2D eigenvalue weighted by Gasteiger charge is -2.41. The largest absolute Gasteiger partial charge is 0.416 e. The molecule has 24 heavy (non-hydrogen) atoms. The van der Waals surface area contributed by atoms with Gasteiger partial charge in [-0.3, -0.25) is 4.99 Å². The third kappa shape index (κ3) is 5.28. The lowest BCUT2D eigenvalue weighted by atomic mass is 9.75. The highest BCUT2D eigenvalue weighted by molar-refractivity contribution is 6.74. The van der Waals surface area contributed by atoms with Crippen molar-refractivity contribution >= 4 is 14.5 Å². The molecule has 1 aliphatic carbocycles. The quantitative estimate of drug-likeness (QED) is 0.442. The molecule has 134 valence electrons. The predicted octanol–water partition coefficient (Wildman–Crippen LogP) is 6.23. The van der Waals surface area contributed by atoms with E-state index in [1.807, 2.05) is 0 Å². The zero-order valence-electron chi connectivity index (χ0n) is 16.3. The summed E-state index contributed by atoms with van der Waals surface area (Å²) < 4.78 is 6.59. The molecule has 1 fully saturated rings. The highest BCUT2D eigenvalue weighted by atomic mass is 28.4. The molecule has 1 aromatic rings. The third-order valence-electron chi connectivity index (χ3n) is 5.86. The molecule has 0 spiro atoms. The number of benzene rings is 1. The van der Waals surface area contributed by atoms with Gasteiger partial charge in [-0.05, 0) is 36.5 Å². The molecule has 0 radical (unpaired) electrons. The molecule has 0 N–H and O–H groups in total. The molecule has 0 saturated heterocycles. The summed E-state index contributed by atoms with van der Waals surface area (Å²) in [5, 5.41) is 0.268. The number of hydrogen-bond acceptors (Lipinski definition) is 2. The van der Waals surface area contributed by atoms with Gasteiger partial charge in [-0.1, -0.05) is 70.4 Å². The van der Waals surface area contributed by atoms with Gasteiger partial charge in [-0.15, -0.1) is 0 Å². The topological polar surface area (TPSA) is 21.6 Å². The van der Waals surface area contributed by atoms with Crippen LogP contribution in [0.4, 0.5) is 0 Å². The number of hydrogen-bond donors (Lipinski definition) is 0. The molecule has 0 atom stereocenters. The molecule has 0 unspecified atom stereocenters. The van der Waals surface area contributed by atoms with E-state index < -0.39 is 8.32 Å². The van der Waals surface area contributed by atoms with Crippen molar-refractivity contribution in [1.29, 1.82) is 0 Å². The molecule has 1 saturated carbocycles. The fourth-order valence-electron chi connectivity index (χ4n) is 3.04. The molecule has 3 heteroatoms. The maximum atomic E-state index is 6.59. The van der Waals surface area contributed by atoms with Crippen LogP contribution in [0.25, 0.3) is 0 Å². The van der Waals surface area contributed by atoms with Crippen LogP contribution in [-0.2, 0) is 11.0 Å². The van der Waals surface area contributed by atoms with E-state index in [0.717, 1.165) is 13.2 Å². The molecule has 1 aromatic carbocycles. The Morgan fingerprint density at radius 3 is 2.29 bits per heavy atom. The van der Waals surface area contributed by atoms with Crippen LogP contribution in [0.2, 0.25) is 18.1 Å². The second-order valence-corrected chi connectivity index (χ2v) is 13.7. The Kier molecular flexibility index (Phi) is 6.44.